The van der Waals surface area contributed by atoms with Gasteiger partial charge in [0.1, 0.15) is 6.54 Å². The Bertz CT molecular complexity index is 1330. The topological polar surface area (TPSA) is 73.2 Å². The zero-order valence-corrected chi connectivity index (χ0v) is 18.0. The Morgan fingerprint density at radius 2 is 1.62 bits per heavy atom. The minimum absolute atomic E-state index is 0.103. The van der Waals surface area contributed by atoms with E-state index >= 15 is 0 Å². The molecule has 4 rings (SSSR count). The smallest absolute Gasteiger partial charge is 0.449 e. The van der Waals surface area contributed by atoms with E-state index in [4.69, 9.17) is 4.74 Å². The summed E-state index contributed by atoms with van der Waals surface area (Å²) in [4.78, 5) is 28.8. The number of nitrogens with zero attached hydrogens (tertiary/aromatic N) is 2. The molecule has 0 fully saturated rings. The van der Waals surface area contributed by atoms with Crippen molar-refractivity contribution >= 4 is 28.6 Å². The van der Waals surface area contributed by atoms with Gasteiger partial charge in [-0.3, -0.25) is 9.59 Å². The van der Waals surface area contributed by atoms with E-state index in [0.717, 1.165) is 15.7 Å². The average Bonchev–Trinajstić information content (AvgIpc) is 3.19. The average molecular weight is 467 g/mol. The highest BCUT2D eigenvalue weighted by molar-refractivity contribution is 5.98. The van der Waals surface area contributed by atoms with Crippen molar-refractivity contribution in [1.82, 2.24) is 9.55 Å². The number of anilines is 1. The van der Waals surface area contributed by atoms with Crippen LogP contribution < -0.4 is 5.32 Å². The van der Waals surface area contributed by atoms with Crippen molar-refractivity contribution in [3.63, 3.8) is 0 Å². The number of imidazole rings is 1. The van der Waals surface area contributed by atoms with Crippen molar-refractivity contribution in [3.8, 4) is 11.1 Å². The third-order valence-corrected chi connectivity index (χ3v) is 5.14. The molecule has 0 aliphatic carbocycles. The lowest BCUT2D eigenvalue weighted by Gasteiger charge is -2.17. The fourth-order valence-electron chi connectivity index (χ4n) is 3.56. The van der Waals surface area contributed by atoms with Gasteiger partial charge in [0.15, 0.2) is 6.10 Å². The van der Waals surface area contributed by atoms with Crippen LogP contribution in [0.3, 0.4) is 0 Å². The van der Waals surface area contributed by atoms with Crippen LogP contribution in [0.5, 0.6) is 0 Å². The summed E-state index contributed by atoms with van der Waals surface area (Å²) in [5.74, 6) is -2.81. The van der Waals surface area contributed by atoms with Crippen LogP contribution in [0.15, 0.2) is 78.9 Å². The monoisotopic (exact) mass is 467 g/mol. The predicted octanol–water partition coefficient (Wildman–Crippen LogP) is 5.29. The molecule has 3 aromatic carbocycles. The van der Waals surface area contributed by atoms with Crippen LogP contribution in [0.25, 0.3) is 22.2 Å². The lowest BCUT2D eigenvalue weighted by atomic mass is 10.0. The predicted molar refractivity (Wildman–Crippen MR) is 121 cm³/mol. The zero-order chi connectivity index (χ0) is 24.3. The summed E-state index contributed by atoms with van der Waals surface area (Å²) in [6.45, 7) is 0.614. The van der Waals surface area contributed by atoms with E-state index in [1.54, 1.807) is 24.3 Å². The Kier molecular flexibility index (Phi) is 6.36. The number of aromatic nitrogens is 2. The van der Waals surface area contributed by atoms with E-state index in [1.807, 2.05) is 42.5 Å². The first kappa shape index (κ1) is 23.0. The summed E-state index contributed by atoms with van der Waals surface area (Å²) < 4.78 is 46.2. The van der Waals surface area contributed by atoms with Crippen molar-refractivity contribution in [2.75, 3.05) is 5.32 Å². The fraction of sp³-hybridized carbons (Fsp3) is 0.160. The zero-order valence-electron chi connectivity index (χ0n) is 18.0. The Morgan fingerprint density at radius 1 is 0.971 bits per heavy atom. The van der Waals surface area contributed by atoms with Crippen molar-refractivity contribution < 1.29 is 27.5 Å². The summed E-state index contributed by atoms with van der Waals surface area (Å²) in [6.07, 6.45) is -6.00. The molecule has 0 radical (unpaired) electrons. The first-order valence-electron chi connectivity index (χ1n) is 10.4. The molecule has 0 saturated carbocycles. The lowest BCUT2D eigenvalue weighted by molar-refractivity contribution is -0.156. The van der Waals surface area contributed by atoms with Crippen LogP contribution in [-0.4, -0.2) is 27.5 Å². The van der Waals surface area contributed by atoms with Crippen molar-refractivity contribution in [1.29, 1.82) is 0 Å². The fourth-order valence-corrected chi connectivity index (χ4v) is 3.56. The largest absolute Gasteiger partial charge is 0.451 e. The van der Waals surface area contributed by atoms with Crippen LogP contribution in [-0.2, 0) is 27.0 Å². The Hall–Kier alpha value is -4.14. The van der Waals surface area contributed by atoms with Gasteiger partial charge in [-0.25, -0.2) is 4.98 Å². The summed E-state index contributed by atoms with van der Waals surface area (Å²) in [7, 11) is 0. The van der Waals surface area contributed by atoms with Gasteiger partial charge in [-0.1, -0.05) is 60.7 Å². The van der Waals surface area contributed by atoms with Gasteiger partial charge in [0.2, 0.25) is 5.82 Å². The number of amides is 1. The highest BCUT2D eigenvalue weighted by atomic mass is 19.4. The molecule has 9 heteroatoms. The number of benzene rings is 3. The summed E-state index contributed by atoms with van der Waals surface area (Å²) >= 11 is 0. The number of hydrogen-bond donors (Lipinski definition) is 1. The van der Waals surface area contributed by atoms with Crippen molar-refractivity contribution in [2.24, 2.45) is 0 Å². The maximum atomic E-state index is 13.4. The highest BCUT2D eigenvalue weighted by Gasteiger charge is 2.38. The Morgan fingerprint density at radius 3 is 2.35 bits per heavy atom. The molecule has 0 spiro atoms. The van der Waals surface area contributed by atoms with Crippen molar-refractivity contribution in [2.45, 2.75) is 25.7 Å². The number of para-hydroxylation sites is 3. The number of hydrogen-bond acceptors (Lipinski definition) is 4. The lowest BCUT2D eigenvalue weighted by Crippen LogP contribution is -2.32. The molecule has 1 aromatic heterocycles. The minimum atomic E-state index is -4.76. The number of alkyl halides is 3. The number of halogens is 3. The summed E-state index contributed by atoms with van der Waals surface area (Å²) in [5, 5.41) is 2.72. The van der Waals surface area contributed by atoms with E-state index in [0.29, 0.717) is 5.69 Å². The van der Waals surface area contributed by atoms with Crippen molar-refractivity contribution in [3.05, 3.63) is 84.7 Å². The number of carbonyl (C=O) groups excluding carboxylic acids is 2. The quantitative estimate of drug-likeness (QED) is 0.391. The van der Waals surface area contributed by atoms with Crippen LogP contribution in [0, 0.1) is 0 Å². The molecule has 34 heavy (non-hydrogen) atoms. The maximum absolute atomic E-state index is 13.4. The first-order chi connectivity index (χ1) is 16.2. The van der Waals surface area contributed by atoms with Crippen LogP contribution in [0.4, 0.5) is 18.9 Å². The molecule has 1 heterocycles. The number of fused-ring (bicyclic) bond motifs is 1. The van der Waals surface area contributed by atoms with E-state index in [1.165, 1.54) is 19.1 Å². The van der Waals surface area contributed by atoms with Gasteiger partial charge in [-0.05, 0) is 30.7 Å². The Balaban J connectivity index is 1.48. The van der Waals surface area contributed by atoms with Crippen LogP contribution in [0.2, 0.25) is 0 Å². The molecule has 1 atom stereocenters. The van der Waals surface area contributed by atoms with Gasteiger partial charge in [-0.15, -0.1) is 0 Å². The molecule has 6 nitrogen and oxygen atoms in total. The van der Waals surface area contributed by atoms with Gasteiger partial charge in [0, 0.05) is 11.3 Å². The Labute approximate surface area is 193 Å². The molecule has 0 bridgehead atoms. The molecular formula is C25H20F3N3O3. The van der Waals surface area contributed by atoms with Gasteiger partial charge < -0.3 is 14.6 Å². The number of nitrogens with one attached hydrogen (secondary N) is 1. The standard InChI is InChI=1S/C25H20F3N3O3/c1-16(23(33)29-19-12-6-5-11-18(19)17-9-3-2-4-10-17)34-22(32)15-31-21-14-8-7-13-20(21)30-24(31)25(26,27)28/h2-14,16H,15H2,1H3,(H,29,33). The number of rotatable bonds is 6. The number of carbonyl (C=O) groups is 2. The number of ether oxygens (including phenoxy) is 1. The third kappa shape index (κ3) is 4.93. The van der Waals surface area contributed by atoms with E-state index < -0.39 is 36.5 Å². The van der Waals surface area contributed by atoms with Gasteiger partial charge in [-0.2, -0.15) is 13.2 Å². The SMILES string of the molecule is CC(OC(=O)Cn1c(C(F)(F)F)nc2ccccc21)C(=O)Nc1ccccc1-c1ccccc1. The minimum Gasteiger partial charge on any atom is -0.451 e. The molecule has 1 N–H and O–H groups in total. The van der Waals surface area contributed by atoms with E-state index in [9.17, 15) is 22.8 Å². The third-order valence-electron chi connectivity index (χ3n) is 5.14. The van der Waals surface area contributed by atoms with E-state index in [-0.39, 0.29) is 11.0 Å². The van der Waals surface area contributed by atoms with Gasteiger partial charge in [0.05, 0.1) is 11.0 Å². The normalized spacial score (nSPS) is 12.4. The molecule has 0 aliphatic rings. The molecule has 0 aliphatic heterocycles. The van der Waals surface area contributed by atoms with Crippen LogP contribution in [0.1, 0.15) is 12.7 Å². The molecule has 1 amide bonds. The number of esters is 1. The maximum Gasteiger partial charge on any atom is 0.449 e. The van der Waals surface area contributed by atoms with Gasteiger partial charge in [0.25, 0.3) is 5.91 Å². The summed E-state index contributed by atoms with van der Waals surface area (Å²) in [5.41, 5.74) is 2.41. The summed E-state index contributed by atoms with van der Waals surface area (Å²) in [6, 6.07) is 22.5. The molecule has 4 aromatic rings. The highest BCUT2D eigenvalue weighted by Crippen LogP contribution is 2.31. The molecule has 174 valence electrons. The second-order valence-electron chi connectivity index (χ2n) is 7.54. The van der Waals surface area contributed by atoms with E-state index in [2.05, 4.69) is 10.3 Å². The first-order valence-corrected chi connectivity index (χ1v) is 10.4. The molecule has 1 unspecified atom stereocenters. The molecule has 0 saturated heterocycles. The van der Waals surface area contributed by atoms with Gasteiger partial charge >= 0.3 is 12.1 Å². The second-order valence-corrected chi connectivity index (χ2v) is 7.54. The second kappa shape index (κ2) is 9.38. The molecular weight excluding hydrogens is 447 g/mol. The van der Waals surface area contributed by atoms with Crippen LogP contribution >= 0.6 is 0 Å².